The van der Waals surface area contributed by atoms with Crippen LogP contribution in [0.2, 0.25) is 0 Å². The Morgan fingerprint density at radius 1 is 1.07 bits per heavy atom. The molecule has 30 heavy (non-hydrogen) atoms. The van der Waals surface area contributed by atoms with Gasteiger partial charge in [0, 0.05) is 10.6 Å². The number of thiophene rings is 1. The van der Waals surface area contributed by atoms with Gasteiger partial charge in [-0.25, -0.2) is 4.79 Å². The molecule has 0 spiro atoms. The first kappa shape index (κ1) is 20.2. The van der Waals surface area contributed by atoms with Gasteiger partial charge in [-0.15, -0.1) is 11.3 Å². The van der Waals surface area contributed by atoms with Gasteiger partial charge in [0.1, 0.15) is 17.2 Å². The predicted octanol–water partition coefficient (Wildman–Crippen LogP) is 5.00. The van der Waals surface area contributed by atoms with Gasteiger partial charge in [0.15, 0.2) is 6.10 Å². The Kier molecular flexibility index (Phi) is 6.14. The van der Waals surface area contributed by atoms with Crippen molar-refractivity contribution in [1.29, 1.82) is 0 Å². The van der Waals surface area contributed by atoms with Crippen LogP contribution < -0.4 is 10.1 Å². The Hall–Kier alpha value is -3.12. The highest BCUT2D eigenvalue weighted by atomic mass is 32.1. The summed E-state index contributed by atoms with van der Waals surface area (Å²) < 4.78 is 11.1. The standard InChI is InChI=1S/C24H23NO4S/c1-16(29-24(27)22-14-18-8-5-9-21(18)30-22)23(26)25-19-10-12-20(13-11-19)28-15-17-6-3-2-4-7-17/h2-4,6-7,10-14,16H,5,8-9,15H2,1H3,(H,25,26)/t16-/m1/s1. The Morgan fingerprint density at radius 3 is 2.57 bits per heavy atom. The van der Waals surface area contributed by atoms with Gasteiger partial charge >= 0.3 is 5.97 Å². The van der Waals surface area contributed by atoms with Crippen LogP contribution in [-0.2, 0) is 29.0 Å². The monoisotopic (exact) mass is 421 g/mol. The third kappa shape index (κ3) is 4.89. The number of fused-ring (bicyclic) bond motifs is 1. The molecule has 1 aliphatic rings. The molecule has 4 rings (SSSR count). The molecule has 154 valence electrons. The Morgan fingerprint density at radius 2 is 1.83 bits per heavy atom. The molecule has 0 aliphatic heterocycles. The molecular formula is C24H23NO4S. The van der Waals surface area contributed by atoms with Crippen LogP contribution in [0, 0.1) is 0 Å². The van der Waals surface area contributed by atoms with Gasteiger partial charge in [-0.2, -0.15) is 0 Å². The maximum Gasteiger partial charge on any atom is 0.349 e. The molecule has 1 N–H and O–H groups in total. The number of rotatable bonds is 7. The molecule has 0 saturated heterocycles. The number of carbonyl (C=O) groups excluding carboxylic acids is 2. The fourth-order valence-electron chi connectivity index (χ4n) is 3.32. The first-order chi connectivity index (χ1) is 14.6. The summed E-state index contributed by atoms with van der Waals surface area (Å²) in [5.41, 5.74) is 2.94. The predicted molar refractivity (Wildman–Crippen MR) is 117 cm³/mol. The van der Waals surface area contributed by atoms with E-state index in [1.807, 2.05) is 36.4 Å². The van der Waals surface area contributed by atoms with Crippen LogP contribution in [0.4, 0.5) is 5.69 Å². The van der Waals surface area contributed by atoms with Crippen molar-refractivity contribution >= 4 is 28.9 Å². The molecule has 1 heterocycles. The number of aryl methyl sites for hydroxylation is 2. The van der Waals surface area contributed by atoms with E-state index in [0.717, 1.165) is 24.8 Å². The zero-order valence-corrected chi connectivity index (χ0v) is 17.5. The summed E-state index contributed by atoms with van der Waals surface area (Å²) in [6.45, 7) is 2.05. The zero-order chi connectivity index (χ0) is 20.9. The molecule has 0 radical (unpaired) electrons. The third-order valence-electron chi connectivity index (χ3n) is 4.97. The number of benzene rings is 2. The van der Waals surface area contributed by atoms with E-state index in [4.69, 9.17) is 9.47 Å². The van der Waals surface area contributed by atoms with Crippen LogP contribution in [-0.4, -0.2) is 18.0 Å². The largest absolute Gasteiger partial charge is 0.489 e. The van der Waals surface area contributed by atoms with Crippen molar-refractivity contribution < 1.29 is 19.1 Å². The summed E-state index contributed by atoms with van der Waals surface area (Å²) in [5.74, 6) is -0.103. The molecule has 1 aromatic heterocycles. The van der Waals surface area contributed by atoms with E-state index in [1.165, 1.54) is 21.8 Å². The molecular weight excluding hydrogens is 398 g/mol. The van der Waals surface area contributed by atoms with Crippen molar-refractivity contribution in [3.8, 4) is 5.75 Å². The van der Waals surface area contributed by atoms with Gasteiger partial charge in [0.25, 0.3) is 5.91 Å². The zero-order valence-electron chi connectivity index (χ0n) is 16.7. The maximum absolute atomic E-state index is 12.4. The maximum atomic E-state index is 12.4. The van der Waals surface area contributed by atoms with E-state index in [-0.39, 0.29) is 5.91 Å². The van der Waals surface area contributed by atoms with Gasteiger partial charge in [-0.3, -0.25) is 4.79 Å². The van der Waals surface area contributed by atoms with Gasteiger partial charge in [0.2, 0.25) is 0 Å². The van der Waals surface area contributed by atoms with Gasteiger partial charge in [-0.05, 0) is 67.6 Å². The second-order valence-electron chi connectivity index (χ2n) is 7.25. The van der Waals surface area contributed by atoms with Crippen molar-refractivity contribution in [3.05, 3.63) is 81.5 Å². The summed E-state index contributed by atoms with van der Waals surface area (Å²) in [6, 6.07) is 18.9. The highest BCUT2D eigenvalue weighted by Crippen LogP contribution is 2.31. The first-order valence-electron chi connectivity index (χ1n) is 9.99. The number of carbonyl (C=O) groups is 2. The summed E-state index contributed by atoms with van der Waals surface area (Å²) in [5, 5.41) is 2.77. The number of nitrogens with one attached hydrogen (secondary N) is 1. The Balaban J connectivity index is 1.27. The quantitative estimate of drug-likeness (QED) is 0.545. The van der Waals surface area contributed by atoms with Crippen LogP contribution in [0.5, 0.6) is 5.75 Å². The molecule has 0 saturated carbocycles. The Bertz CT molecular complexity index is 1010. The summed E-state index contributed by atoms with van der Waals surface area (Å²) in [4.78, 5) is 26.6. The third-order valence-corrected chi connectivity index (χ3v) is 6.19. The van der Waals surface area contributed by atoms with Crippen LogP contribution in [0.1, 0.15) is 39.0 Å². The average molecular weight is 422 g/mol. The van der Waals surface area contributed by atoms with Crippen molar-refractivity contribution in [1.82, 2.24) is 0 Å². The molecule has 1 amide bonds. The summed E-state index contributed by atoms with van der Waals surface area (Å²) in [6.07, 6.45) is 2.29. The lowest BCUT2D eigenvalue weighted by Crippen LogP contribution is -2.29. The van der Waals surface area contributed by atoms with E-state index in [2.05, 4.69) is 5.32 Å². The summed E-state index contributed by atoms with van der Waals surface area (Å²) in [7, 11) is 0. The molecule has 0 bridgehead atoms. The lowest BCUT2D eigenvalue weighted by molar-refractivity contribution is -0.123. The van der Waals surface area contributed by atoms with Crippen LogP contribution in [0.25, 0.3) is 0 Å². The van der Waals surface area contributed by atoms with E-state index in [9.17, 15) is 9.59 Å². The van der Waals surface area contributed by atoms with Crippen LogP contribution in [0.3, 0.4) is 0 Å². The van der Waals surface area contributed by atoms with Crippen LogP contribution >= 0.6 is 11.3 Å². The highest BCUT2D eigenvalue weighted by Gasteiger charge is 2.23. The molecule has 1 atom stereocenters. The SMILES string of the molecule is C[C@@H](OC(=O)c1cc2c(s1)CCC2)C(=O)Nc1ccc(OCc2ccccc2)cc1. The lowest BCUT2D eigenvalue weighted by Gasteiger charge is -2.13. The molecule has 3 aromatic rings. The second-order valence-corrected chi connectivity index (χ2v) is 8.38. The van der Waals surface area contributed by atoms with Gasteiger partial charge in [-0.1, -0.05) is 30.3 Å². The molecule has 2 aromatic carbocycles. The molecule has 5 nitrogen and oxygen atoms in total. The number of ether oxygens (including phenoxy) is 2. The molecule has 6 heteroatoms. The molecule has 0 unspecified atom stereocenters. The fourth-order valence-corrected chi connectivity index (χ4v) is 4.46. The second kappa shape index (κ2) is 9.13. The number of hydrogen-bond acceptors (Lipinski definition) is 5. The number of amides is 1. The van der Waals surface area contributed by atoms with E-state index in [0.29, 0.717) is 22.9 Å². The highest BCUT2D eigenvalue weighted by molar-refractivity contribution is 7.14. The van der Waals surface area contributed by atoms with E-state index in [1.54, 1.807) is 31.2 Å². The van der Waals surface area contributed by atoms with Crippen molar-refractivity contribution in [2.24, 2.45) is 0 Å². The molecule has 0 fully saturated rings. The lowest BCUT2D eigenvalue weighted by atomic mass is 10.2. The smallest absolute Gasteiger partial charge is 0.349 e. The van der Waals surface area contributed by atoms with Crippen molar-refractivity contribution in [2.75, 3.05) is 5.32 Å². The summed E-state index contributed by atoms with van der Waals surface area (Å²) >= 11 is 1.47. The van der Waals surface area contributed by atoms with Crippen molar-refractivity contribution in [2.45, 2.75) is 38.9 Å². The first-order valence-corrected chi connectivity index (χ1v) is 10.8. The molecule has 1 aliphatic carbocycles. The minimum absolute atomic E-state index is 0.370. The number of esters is 1. The van der Waals surface area contributed by atoms with E-state index < -0.39 is 12.1 Å². The van der Waals surface area contributed by atoms with Gasteiger partial charge < -0.3 is 14.8 Å². The van der Waals surface area contributed by atoms with E-state index >= 15 is 0 Å². The minimum Gasteiger partial charge on any atom is -0.489 e. The van der Waals surface area contributed by atoms with Gasteiger partial charge in [0.05, 0.1) is 0 Å². The van der Waals surface area contributed by atoms with Crippen molar-refractivity contribution in [3.63, 3.8) is 0 Å². The topological polar surface area (TPSA) is 64.6 Å². The average Bonchev–Trinajstić information content (AvgIpc) is 3.36. The number of hydrogen-bond donors (Lipinski definition) is 1. The van der Waals surface area contributed by atoms with Crippen LogP contribution in [0.15, 0.2) is 60.7 Å². The minimum atomic E-state index is -0.886. The Labute approximate surface area is 179 Å². The fraction of sp³-hybridized carbons (Fsp3) is 0.250. The number of anilines is 1. The normalized spacial score (nSPS) is 13.4.